The fourth-order valence-corrected chi connectivity index (χ4v) is 4.95. The fourth-order valence-electron chi connectivity index (χ4n) is 4.95. The van der Waals surface area contributed by atoms with Crippen molar-refractivity contribution in [1.82, 2.24) is 4.90 Å². The Balaban J connectivity index is 1.83. The number of rotatable bonds is 2. The average molecular weight is 301 g/mol. The molecule has 1 aromatic rings. The van der Waals surface area contributed by atoms with E-state index in [9.17, 15) is 4.79 Å². The monoisotopic (exact) mass is 301 g/mol. The van der Waals surface area contributed by atoms with Gasteiger partial charge in [-0.25, -0.2) is 0 Å². The highest BCUT2D eigenvalue weighted by molar-refractivity contribution is 5.85. The maximum absolute atomic E-state index is 12.3. The molecule has 2 fully saturated rings. The smallest absolute Gasteiger partial charge is 0.161 e. The molecule has 2 heterocycles. The van der Waals surface area contributed by atoms with E-state index < -0.39 is 0 Å². The van der Waals surface area contributed by atoms with Gasteiger partial charge in [0.15, 0.2) is 5.78 Å². The van der Waals surface area contributed by atoms with Crippen molar-refractivity contribution in [2.24, 2.45) is 5.92 Å². The van der Waals surface area contributed by atoms with Crippen LogP contribution in [0.5, 0.6) is 5.75 Å². The molecule has 22 heavy (non-hydrogen) atoms. The Labute approximate surface area is 131 Å². The number of ether oxygens (including phenoxy) is 2. The number of hydrogen-bond acceptors (Lipinski definition) is 4. The number of carbonyl (C=O) groups is 1. The average Bonchev–Trinajstić information content (AvgIpc) is 2.92. The van der Waals surface area contributed by atoms with Crippen molar-refractivity contribution >= 4 is 5.78 Å². The zero-order chi connectivity index (χ0) is 15.3. The maximum atomic E-state index is 12.3. The Hall–Kier alpha value is -1.39. The van der Waals surface area contributed by atoms with Crippen molar-refractivity contribution in [3.05, 3.63) is 29.3 Å². The number of fused-ring (bicyclic) bond motifs is 1. The van der Waals surface area contributed by atoms with Gasteiger partial charge in [-0.3, -0.25) is 9.69 Å². The summed E-state index contributed by atoms with van der Waals surface area (Å²) < 4.78 is 10.9. The van der Waals surface area contributed by atoms with Crippen molar-refractivity contribution in [1.29, 1.82) is 0 Å². The number of hydrogen-bond donors (Lipinski definition) is 0. The van der Waals surface area contributed by atoms with Gasteiger partial charge in [0.2, 0.25) is 0 Å². The summed E-state index contributed by atoms with van der Waals surface area (Å²) >= 11 is 0. The van der Waals surface area contributed by atoms with Gasteiger partial charge in [-0.2, -0.15) is 0 Å². The van der Waals surface area contributed by atoms with Crippen LogP contribution in [0.15, 0.2) is 18.2 Å². The number of carbonyl (C=O) groups excluding carboxylic acids is 1. The third kappa shape index (κ3) is 1.80. The first kappa shape index (κ1) is 14.2. The van der Waals surface area contributed by atoms with Crippen molar-refractivity contribution in [3.63, 3.8) is 0 Å². The zero-order valence-electron chi connectivity index (χ0n) is 13.3. The van der Waals surface area contributed by atoms with Gasteiger partial charge < -0.3 is 9.47 Å². The molecule has 1 spiro atoms. The third-order valence-electron chi connectivity index (χ3n) is 6.00. The van der Waals surface area contributed by atoms with Gasteiger partial charge in [-0.05, 0) is 48.6 Å². The van der Waals surface area contributed by atoms with Crippen LogP contribution in [0.3, 0.4) is 0 Å². The molecule has 0 aromatic heterocycles. The molecule has 0 bridgehead atoms. The molecule has 1 saturated heterocycles. The van der Waals surface area contributed by atoms with Gasteiger partial charge in [0, 0.05) is 26.5 Å². The summed E-state index contributed by atoms with van der Waals surface area (Å²) in [6.07, 6.45) is 3.37. The lowest BCUT2D eigenvalue weighted by Crippen LogP contribution is -2.55. The minimum atomic E-state index is -0.259. The van der Waals surface area contributed by atoms with Crippen LogP contribution in [0.2, 0.25) is 0 Å². The molecule has 2 aliphatic heterocycles. The predicted octanol–water partition coefficient (Wildman–Crippen LogP) is 2.15. The summed E-state index contributed by atoms with van der Waals surface area (Å²) in [6.45, 7) is 2.17. The van der Waals surface area contributed by atoms with Crippen molar-refractivity contribution < 1.29 is 14.3 Å². The Morgan fingerprint density at radius 1 is 1.27 bits per heavy atom. The molecule has 0 amide bonds. The Morgan fingerprint density at radius 3 is 2.91 bits per heavy atom. The Bertz CT molecular complexity index is 614. The Morgan fingerprint density at radius 2 is 2.14 bits per heavy atom. The number of Topliss-reactive ketones (excluding diaryl/α,β-unsaturated/α-hetero) is 1. The molecular weight excluding hydrogens is 278 g/mol. The summed E-state index contributed by atoms with van der Waals surface area (Å²) in [5.41, 5.74) is 2.78. The molecule has 1 aromatic carbocycles. The predicted molar refractivity (Wildman–Crippen MR) is 83.1 cm³/mol. The van der Waals surface area contributed by atoms with Crippen LogP contribution in [0.25, 0.3) is 0 Å². The summed E-state index contributed by atoms with van der Waals surface area (Å²) in [7, 11) is 3.38. The number of methoxy groups -OCH3 is 2. The second-order valence-electron chi connectivity index (χ2n) is 6.77. The lowest BCUT2D eigenvalue weighted by molar-refractivity contribution is -0.139. The van der Waals surface area contributed by atoms with Gasteiger partial charge in [0.1, 0.15) is 11.9 Å². The molecule has 3 aliphatic rings. The van der Waals surface area contributed by atoms with E-state index in [1.54, 1.807) is 14.2 Å². The number of ketones is 1. The first-order valence-electron chi connectivity index (χ1n) is 8.17. The summed E-state index contributed by atoms with van der Waals surface area (Å²) in [6, 6.07) is 6.46. The van der Waals surface area contributed by atoms with E-state index >= 15 is 0 Å². The molecular formula is C18H23NO3. The van der Waals surface area contributed by atoms with E-state index in [1.165, 1.54) is 11.1 Å². The summed E-state index contributed by atoms with van der Waals surface area (Å²) in [4.78, 5) is 14.9. The quantitative estimate of drug-likeness (QED) is 0.839. The second-order valence-corrected chi connectivity index (χ2v) is 6.77. The molecule has 3 atom stereocenters. The van der Waals surface area contributed by atoms with Gasteiger partial charge in [0.25, 0.3) is 0 Å². The normalized spacial score (nSPS) is 34.0. The first-order valence-corrected chi connectivity index (χ1v) is 8.17. The molecule has 4 nitrogen and oxygen atoms in total. The molecule has 4 heteroatoms. The summed E-state index contributed by atoms with van der Waals surface area (Å²) in [5.74, 6) is 1.63. The molecule has 118 valence electrons. The highest BCUT2D eigenvalue weighted by Gasteiger charge is 2.57. The van der Waals surface area contributed by atoms with Crippen molar-refractivity contribution in [3.8, 4) is 5.75 Å². The van der Waals surface area contributed by atoms with E-state index in [2.05, 4.69) is 23.1 Å². The van der Waals surface area contributed by atoms with Crippen LogP contribution in [0, 0.1) is 5.92 Å². The van der Waals surface area contributed by atoms with Gasteiger partial charge in [-0.1, -0.05) is 6.07 Å². The van der Waals surface area contributed by atoms with E-state index in [4.69, 9.17) is 9.47 Å². The second kappa shape index (κ2) is 5.07. The molecule has 1 aliphatic carbocycles. The number of nitrogens with zero attached hydrogens (tertiary/aromatic N) is 1. The fraction of sp³-hybridized carbons (Fsp3) is 0.611. The van der Waals surface area contributed by atoms with Crippen molar-refractivity contribution in [2.75, 3.05) is 27.3 Å². The van der Waals surface area contributed by atoms with E-state index in [0.717, 1.165) is 38.1 Å². The standard InChI is InChI=1S/C18H23NO3/c1-21-14-3-4-15-12(9-14)5-7-19-8-6-13-10-16(20)17(22-2)11-18(13,15)19/h3-4,9,13,17H,5-8,10-11H2,1-2H3/t13-,17?,18+/m1/s1. The molecule has 0 N–H and O–H groups in total. The van der Waals surface area contributed by atoms with E-state index in [-0.39, 0.29) is 17.4 Å². The van der Waals surface area contributed by atoms with Gasteiger partial charge in [-0.15, -0.1) is 0 Å². The molecule has 1 saturated carbocycles. The highest BCUT2D eigenvalue weighted by Crippen LogP contribution is 2.54. The largest absolute Gasteiger partial charge is 0.497 e. The minimum Gasteiger partial charge on any atom is -0.497 e. The lowest BCUT2D eigenvalue weighted by atomic mass is 9.65. The lowest BCUT2D eigenvalue weighted by Gasteiger charge is -2.50. The van der Waals surface area contributed by atoms with Crippen LogP contribution in [0.4, 0.5) is 0 Å². The first-order chi connectivity index (χ1) is 10.7. The SMILES string of the molecule is COc1ccc2c(c1)CCN1CC[C@@H]3CC(=O)C(OC)C[C@@]231. The zero-order valence-corrected chi connectivity index (χ0v) is 13.3. The minimum absolute atomic E-state index is 0.00551. The molecule has 0 radical (unpaired) electrons. The van der Waals surface area contributed by atoms with Crippen LogP contribution in [-0.4, -0.2) is 44.1 Å². The highest BCUT2D eigenvalue weighted by atomic mass is 16.5. The van der Waals surface area contributed by atoms with E-state index in [1.807, 2.05) is 0 Å². The summed E-state index contributed by atoms with van der Waals surface area (Å²) in [5, 5.41) is 0. The van der Waals surface area contributed by atoms with Gasteiger partial charge in [0.05, 0.1) is 12.6 Å². The Kier molecular flexibility index (Phi) is 3.27. The number of benzene rings is 1. The van der Waals surface area contributed by atoms with Crippen LogP contribution in [0.1, 0.15) is 30.4 Å². The van der Waals surface area contributed by atoms with Gasteiger partial charge >= 0.3 is 0 Å². The van der Waals surface area contributed by atoms with Crippen LogP contribution < -0.4 is 4.74 Å². The van der Waals surface area contributed by atoms with Crippen LogP contribution >= 0.6 is 0 Å². The van der Waals surface area contributed by atoms with Crippen molar-refractivity contribution in [2.45, 2.75) is 37.3 Å². The third-order valence-corrected chi connectivity index (χ3v) is 6.00. The van der Waals surface area contributed by atoms with Crippen LogP contribution in [-0.2, 0) is 21.5 Å². The van der Waals surface area contributed by atoms with E-state index in [0.29, 0.717) is 12.3 Å². The molecule has 4 rings (SSSR count). The topological polar surface area (TPSA) is 38.8 Å². The maximum Gasteiger partial charge on any atom is 0.161 e. The molecule has 1 unspecified atom stereocenters.